The van der Waals surface area contributed by atoms with Crippen LogP contribution in [0, 0.1) is 0 Å². The number of benzene rings is 2. The van der Waals surface area contributed by atoms with E-state index in [-0.39, 0.29) is 0 Å². The summed E-state index contributed by atoms with van der Waals surface area (Å²) in [5, 5.41) is 0.665. The van der Waals surface area contributed by atoms with E-state index >= 15 is 0 Å². The van der Waals surface area contributed by atoms with Crippen molar-refractivity contribution in [3.8, 4) is 23.0 Å². The van der Waals surface area contributed by atoms with E-state index in [1.54, 1.807) is 18.0 Å². The molecule has 0 bridgehead atoms. The molecular formula is C18H14ClNO3S. The van der Waals surface area contributed by atoms with Crippen molar-refractivity contribution in [1.82, 2.24) is 4.98 Å². The van der Waals surface area contributed by atoms with Crippen LogP contribution in [0.15, 0.2) is 58.0 Å². The highest BCUT2D eigenvalue weighted by Crippen LogP contribution is 2.35. The van der Waals surface area contributed by atoms with Crippen molar-refractivity contribution >= 4 is 23.4 Å². The molecule has 0 N–H and O–H groups in total. The van der Waals surface area contributed by atoms with E-state index < -0.39 is 0 Å². The van der Waals surface area contributed by atoms with Crippen LogP contribution in [-0.2, 0) is 5.75 Å². The monoisotopic (exact) mass is 359 g/mol. The summed E-state index contributed by atoms with van der Waals surface area (Å²) in [6, 6.07) is 13.4. The van der Waals surface area contributed by atoms with Crippen molar-refractivity contribution in [2.45, 2.75) is 10.6 Å². The third-order valence-electron chi connectivity index (χ3n) is 3.52. The van der Waals surface area contributed by atoms with Gasteiger partial charge in [0.15, 0.2) is 11.5 Å². The van der Waals surface area contributed by atoms with Crippen LogP contribution >= 0.6 is 23.4 Å². The van der Waals surface area contributed by atoms with Gasteiger partial charge in [0.25, 0.3) is 0 Å². The fourth-order valence-corrected chi connectivity index (χ4v) is 3.39. The maximum absolute atomic E-state index is 6.01. The van der Waals surface area contributed by atoms with Gasteiger partial charge in [0.1, 0.15) is 19.5 Å². The minimum absolute atomic E-state index is 0.579. The number of thioether (sulfide) groups is 1. The number of hydrogen-bond donors (Lipinski definition) is 0. The molecular weight excluding hydrogens is 346 g/mol. The molecule has 0 aliphatic carbocycles. The normalized spacial score (nSPS) is 13.0. The van der Waals surface area contributed by atoms with Gasteiger partial charge in [-0.2, -0.15) is 0 Å². The molecule has 1 aromatic heterocycles. The number of nitrogens with zero attached hydrogens (tertiary/aromatic N) is 1. The topological polar surface area (TPSA) is 44.5 Å². The Balaban J connectivity index is 1.45. The lowest BCUT2D eigenvalue weighted by atomic mass is 10.2. The summed E-state index contributed by atoms with van der Waals surface area (Å²) >= 11 is 7.68. The number of ether oxygens (including phenoxy) is 2. The van der Waals surface area contributed by atoms with Crippen LogP contribution in [0.3, 0.4) is 0 Å². The van der Waals surface area contributed by atoms with Crippen LogP contribution in [-0.4, -0.2) is 18.2 Å². The molecule has 0 saturated heterocycles. The number of oxazole rings is 1. The van der Waals surface area contributed by atoms with Gasteiger partial charge < -0.3 is 13.9 Å². The molecule has 0 amide bonds. The molecule has 6 heteroatoms. The minimum Gasteiger partial charge on any atom is -0.486 e. The minimum atomic E-state index is 0.579. The van der Waals surface area contributed by atoms with Crippen molar-refractivity contribution < 1.29 is 13.9 Å². The van der Waals surface area contributed by atoms with Crippen molar-refractivity contribution in [1.29, 1.82) is 0 Å². The summed E-state index contributed by atoms with van der Waals surface area (Å²) < 4.78 is 16.7. The van der Waals surface area contributed by atoms with Gasteiger partial charge in [-0.05, 0) is 36.4 Å². The zero-order valence-corrected chi connectivity index (χ0v) is 14.3. The Morgan fingerprint density at radius 2 is 1.92 bits per heavy atom. The first-order chi connectivity index (χ1) is 11.8. The Hall–Kier alpha value is -2.11. The smallest absolute Gasteiger partial charge is 0.226 e. The van der Waals surface area contributed by atoms with Gasteiger partial charge in [0, 0.05) is 21.2 Å². The summed E-state index contributed by atoms with van der Waals surface area (Å²) in [7, 11) is 0. The molecule has 4 rings (SSSR count). The highest BCUT2D eigenvalue weighted by atomic mass is 35.5. The first-order valence-electron chi connectivity index (χ1n) is 7.51. The molecule has 0 saturated carbocycles. The van der Waals surface area contributed by atoms with Crippen LogP contribution in [0.4, 0.5) is 0 Å². The van der Waals surface area contributed by atoms with Gasteiger partial charge >= 0.3 is 0 Å². The predicted molar refractivity (Wildman–Crippen MR) is 93.9 cm³/mol. The van der Waals surface area contributed by atoms with Gasteiger partial charge in [-0.1, -0.05) is 17.7 Å². The van der Waals surface area contributed by atoms with Crippen molar-refractivity contribution in [3.63, 3.8) is 0 Å². The van der Waals surface area contributed by atoms with E-state index in [1.807, 2.05) is 42.5 Å². The van der Waals surface area contributed by atoms with Crippen molar-refractivity contribution in [3.05, 3.63) is 59.4 Å². The number of hydrogen-bond acceptors (Lipinski definition) is 5. The zero-order chi connectivity index (χ0) is 16.4. The van der Waals surface area contributed by atoms with Crippen LogP contribution in [0.2, 0.25) is 5.02 Å². The summed E-state index contributed by atoms with van der Waals surface area (Å²) in [6.45, 7) is 1.19. The standard InChI is InChI=1S/C18H14ClNO3S/c19-13-3-1-2-12(8-13)18-20-14(10-23-18)11-24-15-4-5-16-17(9-15)22-7-6-21-16/h1-5,8-10H,6-7,11H2. The second-order valence-corrected chi connectivity index (χ2v) is 6.73. The zero-order valence-electron chi connectivity index (χ0n) is 12.7. The Morgan fingerprint density at radius 3 is 2.79 bits per heavy atom. The first kappa shape index (κ1) is 15.4. The fraction of sp³-hybridized carbons (Fsp3) is 0.167. The third-order valence-corrected chi connectivity index (χ3v) is 4.79. The lowest BCUT2D eigenvalue weighted by Gasteiger charge is -2.18. The van der Waals surface area contributed by atoms with E-state index in [0.717, 1.165) is 27.7 Å². The van der Waals surface area contributed by atoms with E-state index in [0.29, 0.717) is 29.9 Å². The van der Waals surface area contributed by atoms with Crippen LogP contribution in [0.5, 0.6) is 11.5 Å². The third kappa shape index (κ3) is 3.37. The molecule has 0 unspecified atom stereocenters. The fourth-order valence-electron chi connectivity index (χ4n) is 2.40. The molecule has 1 aliphatic rings. The molecule has 1 aliphatic heterocycles. The van der Waals surface area contributed by atoms with E-state index in [9.17, 15) is 0 Å². The molecule has 24 heavy (non-hydrogen) atoms. The molecule has 3 aromatic rings. The molecule has 0 atom stereocenters. The van der Waals surface area contributed by atoms with Gasteiger partial charge in [-0.25, -0.2) is 4.98 Å². The second-order valence-electron chi connectivity index (χ2n) is 5.25. The Bertz CT molecular complexity index is 865. The van der Waals surface area contributed by atoms with Gasteiger partial charge in [-0.3, -0.25) is 0 Å². The lowest BCUT2D eigenvalue weighted by molar-refractivity contribution is 0.171. The molecule has 4 nitrogen and oxygen atoms in total. The number of aromatic nitrogens is 1. The lowest BCUT2D eigenvalue weighted by Crippen LogP contribution is -2.15. The maximum atomic E-state index is 6.01. The van der Waals surface area contributed by atoms with Crippen LogP contribution in [0.1, 0.15) is 5.69 Å². The molecule has 0 spiro atoms. The molecule has 0 radical (unpaired) electrons. The number of rotatable bonds is 4. The van der Waals surface area contributed by atoms with Gasteiger partial charge in [0.05, 0.1) is 5.69 Å². The highest BCUT2D eigenvalue weighted by Gasteiger charge is 2.13. The van der Waals surface area contributed by atoms with Crippen molar-refractivity contribution in [2.24, 2.45) is 0 Å². The second kappa shape index (κ2) is 6.79. The van der Waals surface area contributed by atoms with Crippen molar-refractivity contribution in [2.75, 3.05) is 13.2 Å². The summed E-state index contributed by atoms with van der Waals surface area (Å²) in [6.07, 6.45) is 1.68. The SMILES string of the molecule is Clc1cccc(-c2nc(CSc3ccc4c(c3)OCCO4)co2)c1. The van der Waals surface area contributed by atoms with Crippen LogP contribution in [0.25, 0.3) is 11.5 Å². The number of fused-ring (bicyclic) bond motifs is 1. The number of halogens is 1. The summed E-state index contributed by atoms with van der Waals surface area (Å²) in [5.74, 6) is 2.89. The van der Waals surface area contributed by atoms with Gasteiger partial charge in [0.2, 0.25) is 5.89 Å². The predicted octanol–water partition coefficient (Wildman–Crippen LogP) is 5.06. The maximum Gasteiger partial charge on any atom is 0.226 e. The van der Waals surface area contributed by atoms with Gasteiger partial charge in [-0.15, -0.1) is 11.8 Å². The Labute approximate surface area is 148 Å². The van der Waals surface area contributed by atoms with E-state index in [4.69, 9.17) is 25.5 Å². The average Bonchev–Trinajstić information content (AvgIpc) is 3.09. The Morgan fingerprint density at radius 1 is 1.04 bits per heavy atom. The Kier molecular flexibility index (Phi) is 4.36. The average molecular weight is 360 g/mol. The molecule has 2 aromatic carbocycles. The molecule has 0 fully saturated rings. The summed E-state index contributed by atoms with van der Waals surface area (Å²) in [5.41, 5.74) is 1.75. The summed E-state index contributed by atoms with van der Waals surface area (Å²) in [4.78, 5) is 5.63. The molecule has 2 heterocycles. The van der Waals surface area contributed by atoms with E-state index in [2.05, 4.69) is 4.98 Å². The van der Waals surface area contributed by atoms with Crippen LogP contribution < -0.4 is 9.47 Å². The van der Waals surface area contributed by atoms with E-state index in [1.165, 1.54) is 0 Å². The largest absolute Gasteiger partial charge is 0.486 e. The quantitative estimate of drug-likeness (QED) is 0.609. The first-order valence-corrected chi connectivity index (χ1v) is 8.87. The highest BCUT2D eigenvalue weighted by molar-refractivity contribution is 7.98. The molecule has 122 valence electrons.